The van der Waals surface area contributed by atoms with Crippen LogP contribution in [0.4, 0.5) is 0 Å². The van der Waals surface area contributed by atoms with Gasteiger partial charge in [0.15, 0.2) is 11.4 Å². The van der Waals surface area contributed by atoms with Gasteiger partial charge in [0.25, 0.3) is 0 Å². The molecule has 3 heteroatoms. The Kier molecular flexibility index (Phi) is 2.78. The summed E-state index contributed by atoms with van der Waals surface area (Å²) >= 11 is 0. The number of hydrogen-bond acceptors (Lipinski definition) is 3. The summed E-state index contributed by atoms with van der Waals surface area (Å²) in [6, 6.07) is 0. The van der Waals surface area contributed by atoms with Gasteiger partial charge < -0.3 is 9.84 Å². The van der Waals surface area contributed by atoms with Crippen LogP contribution in [0, 0.1) is 0 Å². The van der Waals surface area contributed by atoms with Gasteiger partial charge in [-0.25, -0.2) is 0 Å². The van der Waals surface area contributed by atoms with Gasteiger partial charge in [-0.2, -0.15) is 0 Å². The zero-order valence-electron chi connectivity index (χ0n) is 6.99. The number of ether oxygens (including phenoxy) is 1. The highest BCUT2D eigenvalue weighted by Gasteiger charge is 2.34. The molecule has 66 valence electrons. The monoisotopic (exact) mass is 168 g/mol. The Balaban J connectivity index is 2.84. The third-order valence-electron chi connectivity index (χ3n) is 1.99. The van der Waals surface area contributed by atoms with Crippen molar-refractivity contribution in [1.29, 1.82) is 0 Å². The molecule has 0 fully saturated rings. The average molecular weight is 168 g/mol. The molecule has 1 unspecified atom stereocenters. The Labute approximate surface area is 71.3 Å². The second kappa shape index (κ2) is 3.65. The second-order valence-electron chi connectivity index (χ2n) is 2.65. The van der Waals surface area contributed by atoms with Gasteiger partial charge >= 0.3 is 0 Å². The average Bonchev–Trinajstić information content (AvgIpc) is 2.10. The van der Waals surface area contributed by atoms with Crippen molar-refractivity contribution in [3.63, 3.8) is 0 Å². The molecule has 0 saturated heterocycles. The maximum atomic E-state index is 11.4. The van der Waals surface area contributed by atoms with Crippen molar-refractivity contribution >= 4 is 5.78 Å². The molecule has 0 amide bonds. The number of carbonyl (C=O) groups excluding carboxylic acids is 1. The number of aliphatic hydroxyl groups excluding tert-OH is 1. The van der Waals surface area contributed by atoms with Crippen LogP contribution in [-0.2, 0) is 9.53 Å². The SMILES string of the molecule is COC1(CCO)C=CC=CC1=O. The van der Waals surface area contributed by atoms with Crippen LogP contribution in [0.5, 0.6) is 0 Å². The largest absolute Gasteiger partial charge is 0.396 e. The molecular formula is C9H12O3. The predicted molar refractivity (Wildman–Crippen MR) is 44.7 cm³/mol. The summed E-state index contributed by atoms with van der Waals surface area (Å²) in [4.78, 5) is 11.4. The third kappa shape index (κ3) is 1.47. The van der Waals surface area contributed by atoms with Gasteiger partial charge in [-0.15, -0.1) is 0 Å². The summed E-state index contributed by atoms with van der Waals surface area (Å²) in [6.07, 6.45) is 6.85. The van der Waals surface area contributed by atoms with E-state index in [9.17, 15) is 4.79 Å². The van der Waals surface area contributed by atoms with Gasteiger partial charge in [-0.3, -0.25) is 4.79 Å². The summed E-state index contributed by atoms with van der Waals surface area (Å²) in [7, 11) is 1.47. The van der Waals surface area contributed by atoms with Crippen LogP contribution in [0.2, 0.25) is 0 Å². The maximum Gasteiger partial charge on any atom is 0.191 e. The first-order valence-corrected chi connectivity index (χ1v) is 3.81. The van der Waals surface area contributed by atoms with E-state index in [1.165, 1.54) is 13.2 Å². The van der Waals surface area contributed by atoms with Crippen LogP contribution in [0.15, 0.2) is 24.3 Å². The molecule has 1 atom stereocenters. The minimum Gasteiger partial charge on any atom is -0.396 e. The number of rotatable bonds is 3. The second-order valence-corrected chi connectivity index (χ2v) is 2.65. The van der Waals surface area contributed by atoms with E-state index in [1.54, 1.807) is 18.2 Å². The first kappa shape index (κ1) is 9.16. The Morgan fingerprint density at radius 3 is 2.83 bits per heavy atom. The zero-order chi connectivity index (χ0) is 9.03. The van der Waals surface area contributed by atoms with Crippen LogP contribution in [-0.4, -0.2) is 30.2 Å². The van der Waals surface area contributed by atoms with E-state index < -0.39 is 5.60 Å². The number of carbonyl (C=O) groups is 1. The summed E-state index contributed by atoms with van der Waals surface area (Å²) in [6.45, 7) is -0.0578. The van der Waals surface area contributed by atoms with Crippen LogP contribution in [0.3, 0.4) is 0 Å². The Hall–Kier alpha value is -0.930. The van der Waals surface area contributed by atoms with E-state index in [2.05, 4.69) is 0 Å². The van der Waals surface area contributed by atoms with Gasteiger partial charge in [0.2, 0.25) is 0 Å². The van der Waals surface area contributed by atoms with Crippen molar-refractivity contribution in [3.05, 3.63) is 24.3 Å². The van der Waals surface area contributed by atoms with E-state index in [-0.39, 0.29) is 12.4 Å². The van der Waals surface area contributed by atoms with Crippen LogP contribution >= 0.6 is 0 Å². The smallest absolute Gasteiger partial charge is 0.191 e. The summed E-state index contributed by atoms with van der Waals surface area (Å²) < 4.78 is 5.08. The minimum atomic E-state index is -0.927. The van der Waals surface area contributed by atoms with Gasteiger partial charge in [0.1, 0.15) is 0 Å². The van der Waals surface area contributed by atoms with E-state index in [4.69, 9.17) is 9.84 Å². The Bertz CT molecular complexity index is 230. The number of hydrogen-bond donors (Lipinski definition) is 1. The first-order valence-electron chi connectivity index (χ1n) is 3.81. The molecule has 0 aliphatic heterocycles. The quantitative estimate of drug-likeness (QED) is 0.665. The fraction of sp³-hybridized carbons (Fsp3) is 0.444. The molecule has 3 nitrogen and oxygen atoms in total. The molecule has 1 rings (SSSR count). The molecule has 0 radical (unpaired) electrons. The van der Waals surface area contributed by atoms with Crippen molar-refractivity contribution in [3.8, 4) is 0 Å². The standard InChI is InChI=1S/C9H12O3/c1-12-9(6-7-10)5-3-2-4-8(9)11/h2-5,10H,6-7H2,1H3. The Morgan fingerprint density at radius 2 is 2.33 bits per heavy atom. The fourth-order valence-corrected chi connectivity index (χ4v) is 1.22. The van der Waals surface area contributed by atoms with E-state index in [0.717, 1.165) is 0 Å². The number of allylic oxidation sites excluding steroid dienone is 2. The van der Waals surface area contributed by atoms with Gasteiger partial charge in [0.05, 0.1) is 0 Å². The molecule has 0 saturated carbocycles. The lowest BCUT2D eigenvalue weighted by atomic mass is 9.90. The molecule has 0 heterocycles. The Morgan fingerprint density at radius 1 is 1.58 bits per heavy atom. The van der Waals surface area contributed by atoms with Gasteiger partial charge in [-0.1, -0.05) is 12.2 Å². The normalized spacial score (nSPS) is 28.0. The van der Waals surface area contributed by atoms with Gasteiger partial charge in [-0.05, 0) is 12.2 Å². The van der Waals surface area contributed by atoms with Crippen molar-refractivity contribution in [2.75, 3.05) is 13.7 Å². The molecule has 1 aliphatic carbocycles. The van der Waals surface area contributed by atoms with E-state index in [1.807, 2.05) is 0 Å². The summed E-state index contributed by atoms with van der Waals surface area (Å²) in [5, 5.41) is 8.74. The van der Waals surface area contributed by atoms with Crippen LogP contribution in [0.25, 0.3) is 0 Å². The minimum absolute atomic E-state index is 0.0578. The fourth-order valence-electron chi connectivity index (χ4n) is 1.22. The van der Waals surface area contributed by atoms with Crippen LogP contribution in [0.1, 0.15) is 6.42 Å². The number of methoxy groups -OCH3 is 1. The number of ketones is 1. The highest BCUT2D eigenvalue weighted by Crippen LogP contribution is 2.21. The molecule has 12 heavy (non-hydrogen) atoms. The number of aliphatic hydroxyl groups is 1. The van der Waals surface area contributed by atoms with Crippen molar-refractivity contribution in [2.45, 2.75) is 12.0 Å². The molecular weight excluding hydrogens is 156 g/mol. The molecule has 0 aromatic rings. The lowest BCUT2D eigenvalue weighted by molar-refractivity contribution is -0.132. The molecule has 1 N–H and O–H groups in total. The molecule has 0 aromatic heterocycles. The third-order valence-corrected chi connectivity index (χ3v) is 1.99. The van der Waals surface area contributed by atoms with E-state index in [0.29, 0.717) is 6.42 Å². The summed E-state index contributed by atoms with van der Waals surface area (Å²) in [5.74, 6) is -0.110. The van der Waals surface area contributed by atoms with E-state index >= 15 is 0 Å². The lowest BCUT2D eigenvalue weighted by Crippen LogP contribution is -2.39. The first-order chi connectivity index (χ1) is 5.75. The maximum absolute atomic E-state index is 11.4. The predicted octanol–water partition coefficient (Wildman–Crippen LogP) is 0.449. The highest BCUT2D eigenvalue weighted by atomic mass is 16.5. The lowest BCUT2D eigenvalue weighted by Gasteiger charge is -2.26. The topological polar surface area (TPSA) is 46.5 Å². The zero-order valence-corrected chi connectivity index (χ0v) is 6.99. The van der Waals surface area contributed by atoms with Crippen molar-refractivity contribution < 1.29 is 14.6 Å². The van der Waals surface area contributed by atoms with Gasteiger partial charge in [0, 0.05) is 20.1 Å². The molecule has 1 aliphatic rings. The molecule has 0 bridgehead atoms. The summed E-state index contributed by atoms with van der Waals surface area (Å²) in [5.41, 5.74) is -0.927. The molecule has 0 spiro atoms. The van der Waals surface area contributed by atoms with Crippen molar-refractivity contribution in [2.24, 2.45) is 0 Å². The molecule has 0 aromatic carbocycles. The highest BCUT2D eigenvalue weighted by molar-refractivity contribution is 6.00. The van der Waals surface area contributed by atoms with Crippen LogP contribution < -0.4 is 0 Å². The van der Waals surface area contributed by atoms with Crippen molar-refractivity contribution in [1.82, 2.24) is 0 Å².